The molecule has 0 aliphatic carbocycles. The van der Waals surface area contributed by atoms with E-state index in [4.69, 9.17) is 11.6 Å². The largest absolute Gasteiger partial charge is 0.342 e. The number of benzene rings is 1. The Morgan fingerprint density at radius 2 is 1.68 bits per heavy atom. The zero-order chi connectivity index (χ0) is 15.7. The molecule has 3 rings (SSSR count). The van der Waals surface area contributed by atoms with Crippen molar-refractivity contribution < 1.29 is 4.79 Å². The van der Waals surface area contributed by atoms with Crippen LogP contribution in [0.3, 0.4) is 0 Å². The summed E-state index contributed by atoms with van der Waals surface area (Å²) in [5, 5.41) is 4.19. The molecule has 2 fully saturated rings. The highest BCUT2D eigenvalue weighted by molar-refractivity contribution is 6.30. The van der Waals surface area contributed by atoms with E-state index in [0.29, 0.717) is 5.02 Å². The quantitative estimate of drug-likeness (QED) is 0.908. The Bertz CT molecular complexity index is 527. The lowest BCUT2D eigenvalue weighted by molar-refractivity contribution is -0.136. The van der Waals surface area contributed by atoms with Crippen molar-refractivity contribution in [2.75, 3.05) is 26.2 Å². The summed E-state index contributed by atoms with van der Waals surface area (Å²) < 4.78 is 0. The molecule has 2 saturated heterocycles. The molecule has 1 aromatic carbocycles. The maximum atomic E-state index is 13.1. The van der Waals surface area contributed by atoms with Crippen molar-refractivity contribution in [3.63, 3.8) is 0 Å². The molecule has 0 aromatic heterocycles. The van der Waals surface area contributed by atoms with E-state index in [1.54, 1.807) is 0 Å². The predicted molar refractivity (Wildman–Crippen MR) is 90.1 cm³/mol. The first kappa shape index (κ1) is 15.8. The lowest BCUT2D eigenvalue weighted by atomic mass is 9.83. The van der Waals surface area contributed by atoms with Crippen molar-refractivity contribution in [1.82, 2.24) is 10.2 Å². The Balaban J connectivity index is 1.73. The lowest BCUT2D eigenvalue weighted by Crippen LogP contribution is -2.44. The van der Waals surface area contributed by atoms with Crippen molar-refractivity contribution in [3.05, 3.63) is 34.9 Å². The first-order valence-corrected chi connectivity index (χ1v) is 8.62. The molecule has 2 aliphatic rings. The number of carbonyl (C=O) groups excluding carboxylic acids is 1. The fourth-order valence-corrected chi connectivity index (χ4v) is 3.93. The monoisotopic (exact) mass is 320 g/mol. The summed E-state index contributed by atoms with van der Waals surface area (Å²) in [5.41, 5.74) is 0.537. The number of halogens is 1. The molecule has 2 heterocycles. The second-order valence-corrected chi connectivity index (χ2v) is 7.62. The average Bonchev–Trinajstić information content (AvgIpc) is 2.86. The second kappa shape index (κ2) is 6.21. The minimum atomic E-state index is -0.498. The highest BCUT2D eigenvalue weighted by atomic mass is 35.5. The molecule has 2 atom stereocenters. The third-order valence-corrected chi connectivity index (χ3v) is 5.66. The minimum absolute atomic E-state index is 0.239. The number of nitrogens with zero attached hydrogens (tertiary/aromatic N) is 1. The van der Waals surface area contributed by atoms with Crippen molar-refractivity contribution in [1.29, 1.82) is 0 Å². The molecule has 0 saturated carbocycles. The number of carbonyl (C=O) groups is 1. The van der Waals surface area contributed by atoms with Crippen LogP contribution >= 0.6 is 11.6 Å². The Labute approximate surface area is 138 Å². The molecule has 22 heavy (non-hydrogen) atoms. The van der Waals surface area contributed by atoms with Crippen LogP contribution in [0.4, 0.5) is 0 Å². The zero-order valence-electron chi connectivity index (χ0n) is 13.4. The Hall–Kier alpha value is -1.06. The summed E-state index contributed by atoms with van der Waals surface area (Å²) >= 11 is 5.96. The zero-order valence-corrected chi connectivity index (χ0v) is 14.2. The van der Waals surface area contributed by atoms with Crippen molar-refractivity contribution in [3.8, 4) is 0 Å². The summed E-state index contributed by atoms with van der Waals surface area (Å²) in [7, 11) is 0. The number of hydrogen-bond acceptors (Lipinski definition) is 2. The van der Waals surface area contributed by atoms with Gasteiger partial charge in [0.2, 0.25) is 5.91 Å². The molecule has 1 aromatic rings. The smallest absolute Gasteiger partial charge is 0.232 e. The van der Waals surface area contributed by atoms with Gasteiger partial charge in [0.15, 0.2) is 0 Å². The molecule has 0 bridgehead atoms. The van der Waals surface area contributed by atoms with Gasteiger partial charge in [-0.05, 0) is 69.3 Å². The number of hydrogen-bond donors (Lipinski definition) is 1. The Morgan fingerprint density at radius 1 is 1.14 bits per heavy atom. The van der Waals surface area contributed by atoms with E-state index in [9.17, 15) is 4.79 Å². The van der Waals surface area contributed by atoms with Gasteiger partial charge >= 0.3 is 0 Å². The number of fused-ring (bicyclic) bond motifs is 1. The number of rotatable bonds is 2. The van der Waals surface area contributed by atoms with Gasteiger partial charge in [-0.2, -0.15) is 0 Å². The third-order valence-electron chi connectivity index (χ3n) is 5.41. The van der Waals surface area contributed by atoms with Crippen LogP contribution in [0.5, 0.6) is 0 Å². The SMILES string of the molecule is CC(C)(C(=O)N1CC[C@@H]2CNC[C@@H]2CC1)c1ccc(Cl)cc1. The van der Waals surface area contributed by atoms with Crippen LogP contribution in [0.25, 0.3) is 0 Å². The van der Waals surface area contributed by atoms with Gasteiger partial charge in [-0.15, -0.1) is 0 Å². The minimum Gasteiger partial charge on any atom is -0.342 e. The molecule has 0 radical (unpaired) electrons. The normalized spacial score (nSPS) is 25.7. The molecule has 1 amide bonds. The first-order valence-electron chi connectivity index (χ1n) is 8.24. The van der Waals surface area contributed by atoms with Gasteiger partial charge in [0, 0.05) is 18.1 Å². The van der Waals surface area contributed by atoms with Gasteiger partial charge in [-0.25, -0.2) is 0 Å². The van der Waals surface area contributed by atoms with E-state index >= 15 is 0 Å². The van der Waals surface area contributed by atoms with Crippen molar-refractivity contribution in [2.45, 2.75) is 32.1 Å². The van der Waals surface area contributed by atoms with Crippen LogP contribution in [-0.4, -0.2) is 37.0 Å². The predicted octanol–water partition coefficient (Wildman–Crippen LogP) is 3.08. The summed E-state index contributed by atoms with van der Waals surface area (Å²) in [4.78, 5) is 15.1. The second-order valence-electron chi connectivity index (χ2n) is 7.18. The molecular weight excluding hydrogens is 296 g/mol. The van der Waals surface area contributed by atoms with Gasteiger partial charge in [-0.3, -0.25) is 4.79 Å². The molecule has 120 valence electrons. The summed E-state index contributed by atoms with van der Waals surface area (Å²) in [5.74, 6) is 1.73. The number of amides is 1. The molecule has 0 spiro atoms. The van der Waals surface area contributed by atoms with Gasteiger partial charge in [0.05, 0.1) is 5.41 Å². The van der Waals surface area contributed by atoms with Crippen molar-refractivity contribution >= 4 is 17.5 Å². The van der Waals surface area contributed by atoms with Crippen LogP contribution in [0.2, 0.25) is 5.02 Å². The topological polar surface area (TPSA) is 32.3 Å². The summed E-state index contributed by atoms with van der Waals surface area (Å²) in [6.45, 7) is 8.05. The summed E-state index contributed by atoms with van der Waals surface area (Å²) in [6.07, 6.45) is 2.25. The average molecular weight is 321 g/mol. The maximum Gasteiger partial charge on any atom is 0.232 e. The van der Waals surface area contributed by atoms with Crippen LogP contribution in [0.15, 0.2) is 24.3 Å². The standard InChI is InChI=1S/C18H25ClN2O/c1-18(2,15-3-5-16(19)6-4-15)17(22)21-9-7-13-11-20-12-14(13)8-10-21/h3-6,13-14,20H,7-12H2,1-2H3/t13-,14+. The number of nitrogens with one attached hydrogen (secondary N) is 1. The molecule has 1 N–H and O–H groups in total. The van der Waals surface area contributed by atoms with Crippen LogP contribution in [0.1, 0.15) is 32.3 Å². The van der Waals surface area contributed by atoms with E-state index in [0.717, 1.165) is 56.4 Å². The van der Waals surface area contributed by atoms with Gasteiger partial charge in [0.25, 0.3) is 0 Å². The molecular formula is C18H25ClN2O. The molecule has 0 unspecified atom stereocenters. The fourth-order valence-electron chi connectivity index (χ4n) is 3.81. The lowest BCUT2D eigenvalue weighted by Gasteiger charge is -2.32. The van der Waals surface area contributed by atoms with Crippen LogP contribution in [-0.2, 0) is 10.2 Å². The molecule has 2 aliphatic heterocycles. The van der Waals surface area contributed by atoms with Gasteiger partial charge in [0.1, 0.15) is 0 Å². The van der Waals surface area contributed by atoms with Crippen LogP contribution < -0.4 is 5.32 Å². The third kappa shape index (κ3) is 3.02. The van der Waals surface area contributed by atoms with Crippen LogP contribution in [0, 0.1) is 11.8 Å². The number of likely N-dealkylation sites (tertiary alicyclic amines) is 1. The van der Waals surface area contributed by atoms with Gasteiger partial charge < -0.3 is 10.2 Å². The molecule has 3 nitrogen and oxygen atoms in total. The van der Waals surface area contributed by atoms with E-state index in [-0.39, 0.29) is 5.91 Å². The highest BCUT2D eigenvalue weighted by Crippen LogP contribution is 2.31. The maximum absolute atomic E-state index is 13.1. The van der Waals surface area contributed by atoms with E-state index in [1.807, 2.05) is 38.1 Å². The first-order chi connectivity index (χ1) is 10.5. The van der Waals surface area contributed by atoms with E-state index < -0.39 is 5.41 Å². The van der Waals surface area contributed by atoms with Gasteiger partial charge in [-0.1, -0.05) is 23.7 Å². The molecule has 4 heteroatoms. The van der Waals surface area contributed by atoms with E-state index in [1.165, 1.54) is 0 Å². The fraction of sp³-hybridized carbons (Fsp3) is 0.611. The Kier molecular flexibility index (Phi) is 4.47. The van der Waals surface area contributed by atoms with Crippen molar-refractivity contribution in [2.24, 2.45) is 11.8 Å². The summed E-state index contributed by atoms with van der Waals surface area (Å²) in [6, 6.07) is 7.67. The highest BCUT2D eigenvalue weighted by Gasteiger charge is 2.37. The Morgan fingerprint density at radius 3 is 2.23 bits per heavy atom. The van der Waals surface area contributed by atoms with E-state index in [2.05, 4.69) is 10.2 Å².